The average Bonchev–Trinajstić information content (AvgIpc) is 2.47. The largest absolute Gasteiger partial charge is 0.352 e. The highest BCUT2D eigenvalue weighted by atomic mass is 32.2. The van der Waals surface area contributed by atoms with Crippen LogP contribution in [0.3, 0.4) is 0 Å². The highest BCUT2D eigenvalue weighted by Gasteiger charge is 1.95. The summed E-state index contributed by atoms with van der Waals surface area (Å²) in [4.78, 5) is 21.8. The van der Waals surface area contributed by atoms with Gasteiger partial charge in [-0.05, 0) is 24.3 Å². The first-order valence-electron chi connectivity index (χ1n) is 6.56. The maximum absolute atomic E-state index is 11.0. The molecule has 0 aliphatic carbocycles. The van der Waals surface area contributed by atoms with Gasteiger partial charge in [-0.2, -0.15) is 23.5 Å². The van der Waals surface area contributed by atoms with Gasteiger partial charge in [-0.1, -0.05) is 25.3 Å². The number of hydrogen-bond donors (Lipinski definition) is 1. The molecule has 0 aliphatic heterocycles. The van der Waals surface area contributed by atoms with E-state index >= 15 is 0 Å². The summed E-state index contributed by atoms with van der Waals surface area (Å²) in [6.07, 6.45) is 8.48. The van der Waals surface area contributed by atoms with Gasteiger partial charge in [0.25, 0.3) is 0 Å². The average molecular weight is 313 g/mol. The summed E-state index contributed by atoms with van der Waals surface area (Å²) in [6.45, 7) is 7.51. The first-order chi connectivity index (χ1) is 9.70. The molecule has 20 heavy (non-hydrogen) atoms. The van der Waals surface area contributed by atoms with E-state index in [0.717, 1.165) is 29.4 Å². The monoisotopic (exact) mass is 313 g/mol. The van der Waals surface area contributed by atoms with Crippen molar-refractivity contribution in [2.24, 2.45) is 0 Å². The molecule has 0 aromatic carbocycles. The van der Waals surface area contributed by atoms with Crippen LogP contribution < -0.4 is 5.32 Å². The minimum Gasteiger partial charge on any atom is -0.352 e. The number of allylic oxidation sites excluding steroid dienone is 1. The van der Waals surface area contributed by atoms with E-state index in [9.17, 15) is 9.59 Å². The summed E-state index contributed by atoms with van der Waals surface area (Å²) in [7, 11) is 0. The van der Waals surface area contributed by atoms with Crippen molar-refractivity contribution in [1.82, 2.24) is 5.32 Å². The van der Waals surface area contributed by atoms with Crippen molar-refractivity contribution in [3.8, 4) is 0 Å². The molecule has 0 aromatic heterocycles. The van der Waals surface area contributed by atoms with E-state index in [1.807, 2.05) is 11.8 Å². The molecule has 0 saturated heterocycles. The van der Waals surface area contributed by atoms with Crippen LogP contribution >= 0.6 is 23.5 Å². The standard InChI is InChI=1S/C15H23NO2S2/c1-3-14(17)8-7-12-19-10-5-6-11-20-13-9-16-15(18)4-2/h3-6H,1-2,7-13H2,(H,16,18)/b6-5+. The lowest BCUT2D eigenvalue weighted by molar-refractivity contribution is -0.116. The summed E-state index contributed by atoms with van der Waals surface area (Å²) in [5.74, 6) is 3.86. The molecule has 3 nitrogen and oxygen atoms in total. The molecule has 0 aliphatic rings. The summed E-state index contributed by atoms with van der Waals surface area (Å²) >= 11 is 3.61. The van der Waals surface area contributed by atoms with Crippen molar-refractivity contribution in [3.63, 3.8) is 0 Å². The zero-order valence-corrected chi connectivity index (χ0v) is 13.4. The molecule has 0 aromatic rings. The molecule has 0 heterocycles. The normalized spacial score (nSPS) is 10.4. The Hall–Kier alpha value is -0.940. The van der Waals surface area contributed by atoms with Crippen molar-refractivity contribution in [2.75, 3.05) is 29.6 Å². The van der Waals surface area contributed by atoms with Crippen LogP contribution in [0.4, 0.5) is 0 Å². The third-order valence-corrected chi connectivity index (χ3v) is 4.19. The van der Waals surface area contributed by atoms with Crippen molar-refractivity contribution in [2.45, 2.75) is 12.8 Å². The van der Waals surface area contributed by atoms with Crippen LogP contribution in [-0.4, -0.2) is 41.2 Å². The summed E-state index contributed by atoms with van der Waals surface area (Å²) < 4.78 is 0. The van der Waals surface area contributed by atoms with Crippen LogP contribution in [0.5, 0.6) is 0 Å². The van der Waals surface area contributed by atoms with Gasteiger partial charge in [0.05, 0.1) is 0 Å². The summed E-state index contributed by atoms with van der Waals surface area (Å²) in [6, 6.07) is 0. The van der Waals surface area contributed by atoms with E-state index in [1.165, 1.54) is 12.2 Å². The van der Waals surface area contributed by atoms with Crippen LogP contribution in [0.15, 0.2) is 37.5 Å². The SMILES string of the molecule is C=CC(=O)CCCSC/C=C/CSCCNC(=O)C=C. The van der Waals surface area contributed by atoms with Crippen LogP contribution in [0.2, 0.25) is 0 Å². The third kappa shape index (κ3) is 13.5. The molecule has 0 spiro atoms. The van der Waals surface area contributed by atoms with Crippen LogP contribution in [0.25, 0.3) is 0 Å². The minimum atomic E-state index is -0.118. The fraction of sp³-hybridized carbons (Fsp3) is 0.467. The second-order valence-corrected chi connectivity index (χ2v) is 6.19. The highest BCUT2D eigenvalue weighted by molar-refractivity contribution is 7.99. The smallest absolute Gasteiger partial charge is 0.243 e. The second-order valence-electron chi connectivity index (χ2n) is 3.89. The van der Waals surface area contributed by atoms with Gasteiger partial charge in [0.1, 0.15) is 0 Å². The van der Waals surface area contributed by atoms with E-state index in [-0.39, 0.29) is 11.7 Å². The number of rotatable bonds is 13. The summed E-state index contributed by atoms with van der Waals surface area (Å²) in [5.41, 5.74) is 0. The molecule has 112 valence electrons. The Kier molecular flexibility index (Phi) is 13.8. The number of carbonyl (C=O) groups is 2. The zero-order valence-electron chi connectivity index (χ0n) is 11.8. The Balaban J connectivity index is 3.24. The van der Waals surface area contributed by atoms with Crippen LogP contribution in [0.1, 0.15) is 12.8 Å². The predicted octanol–water partition coefficient (Wildman–Crippen LogP) is 2.85. The van der Waals surface area contributed by atoms with Gasteiger partial charge in [-0.3, -0.25) is 9.59 Å². The predicted molar refractivity (Wildman–Crippen MR) is 91.4 cm³/mol. The fourth-order valence-corrected chi connectivity index (χ4v) is 2.68. The van der Waals surface area contributed by atoms with Crippen molar-refractivity contribution in [3.05, 3.63) is 37.5 Å². The maximum atomic E-state index is 11.0. The van der Waals surface area contributed by atoms with Crippen molar-refractivity contribution < 1.29 is 9.59 Å². The molecule has 5 heteroatoms. The topological polar surface area (TPSA) is 46.2 Å². The third-order valence-electron chi connectivity index (χ3n) is 2.27. The van der Waals surface area contributed by atoms with E-state index in [1.54, 1.807) is 11.8 Å². The second kappa shape index (κ2) is 14.5. The first-order valence-corrected chi connectivity index (χ1v) is 8.87. The number of ketones is 1. The van der Waals surface area contributed by atoms with E-state index < -0.39 is 0 Å². The van der Waals surface area contributed by atoms with Gasteiger partial charge in [-0.15, -0.1) is 0 Å². The van der Waals surface area contributed by atoms with Gasteiger partial charge in [0, 0.05) is 30.2 Å². The quantitative estimate of drug-likeness (QED) is 0.323. The Morgan fingerprint density at radius 1 is 1.00 bits per heavy atom. The first kappa shape index (κ1) is 19.1. The number of thioether (sulfide) groups is 2. The molecule has 0 saturated carbocycles. The van der Waals surface area contributed by atoms with Gasteiger partial charge < -0.3 is 5.32 Å². The van der Waals surface area contributed by atoms with E-state index in [2.05, 4.69) is 30.6 Å². The molecular weight excluding hydrogens is 290 g/mol. The lowest BCUT2D eigenvalue weighted by Gasteiger charge is -2.00. The fourth-order valence-electron chi connectivity index (χ4n) is 1.21. The number of nitrogens with one attached hydrogen (secondary N) is 1. The Morgan fingerprint density at radius 2 is 1.65 bits per heavy atom. The minimum absolute atomic E-state index is 0.118. The lowest BCUT2D eigenvalue weighted by Crippen LogP contribution is -2.23. The Bertz CT molecular complexity index is 309. The Morgan fingerprint density at radius 3 is 2.25 bits per heavy atom. The molecular formula is C15H23NO2S2. The Labute approximate surface area is 130 Å². The molecule has 0 unspecified atom stereocenters. The molecule has 0 atom stereocenters. The molecule has 0 bridgehead atoms. The van der Waals surface area contributed by atoms with Crippen LogP contribution in [-0.2, 0) is 9.59 Å². The lowest BCUT2D eigenvalue weighted by atomic mass is 10.2. The number of amides is 1. The van der Waals surface area contributed by atoms with E-state index in [4.69, 9.17) is 0 Å². The molecule has 0 rings (SSSR count). The van der Waals surface area contributed by atoms with Gasteiger partial charge >= 0.3 is 0 Å². The maximum Gasteiger partial charge on any atom is 0.243 e. The highest BCUT2D eigenvalue weighted by Crippen LogP contribution is 2.06. The van der Waals surface area contributed by atoms with Gasteiger partial charge in [-0.25, -0.2) is 0 Å². The summed E-state index contributed by atoms with van der Waals surface area (Å²) in [5, 5.41) is 2.73. The molecule has 1 N–H and O–H groups in total. The molecule has 0 fully saturated rings. The number of carbonyl (C=O) groups excluding carboxylic acids is 2. The number of hydrogen-bond acceptors (Lipinski definition) is 4. The van der Waals surface area contributed by atoms with Crippen LogP contribution in [0, 0.1) is 0 Å². The van der Waals surface area contributed by atoms with E-state index in [0.29, 0.717) is 13.0 Å². The van der Waals surface area contributed by atoms with Gasteiger partial charge in [0.2, 0.25) is 5.91 Å². The van der Waals surface area contributed by atoms with Crippen molar-refractivity contribution in [1.29, 1.82) is 0 Å². The molecule has 1 amide bonds. The zero-order chi connectivity index (χ0) is 15.1. The molecule has 0 radical (unpaired) electrons. The van der Waals surface area contributed by atoms with Crippen molar-refractivity contribution >= 4 is 35.2 Å². The van der Waals surface area contributed by atoms with Gasteiger partial charge in [0.15, 0.2) is 5.78 Å².